The van der Waals surface area contributed by atoms with Crippen LogP contribution < -0.4 is 9.47 Å². The molecule has 0 saturated carbocycles. The number of hydrogen-bond acceptors (Lipinski definition) is 9. The number of allylic oxidation sites excluding steroid dienone is 1. The van der Waals surface area contributed by atoms with E-state index >= 15 is 0 Å². The van der Waals surface area contributed by atoms with Gasteiger partial charge in [0.2, 0.25) is 0 Å². The number of para-hydroxylation sites is 1. The van der Waals surface area contributed by atoms with Crippen molar-refractivity contribution >= 4 is 25.3 Å². The van der Waals surface area contributed by atoms with Crippen LogP contribution in [-0.2, 0) is 40.5 Å². The van der Waals surface area contributed by atoms with E-state index in [9.17, 15) is 9.36 Å². The third-order valence-corrected chi connectivity index (χ3v) is 8.11. The Morgan fingerprint density at radius 1 is 1.02 bits per heavy atom. The molecular formula is C30H44ClN2O8P. The zero-order chi connectivity index (χ0) is 31.1. The molecule has 0 bridgehead atoms. The van der Waals surface area contributed by atoms with Gasteiger partial charge in [-0.15, -0.1) is 0 Å². The van der Waals surface area contributed by atoms with Crippen LogP contribution in [-0.4, -0.2) is 83.2 Å². The van der Waals surface area contributed by atoms with Crippen molar-refractivity contribution in [1.82, 2.24) is 9.80 Å². The number of ether oxygens (including phenoxy) is 3. The number of halogens is 1. The van der Waals surface area contributed by atoms with Gasteiger partial charge in [-0.05, 0) is 77.0 Å². The zero-order valence-electron chi connectivity index (χ0n) is 25.6. The maximum atomic E-state index is 13.1. The Morgan fingerprint density at radius 3 is 2.38 bits per heavy atom. The van der Waals surface area contributed by atoms with Crippen molar-refractivity contribution in [3.63, 3.8) is 0 Å². The topological polar surface area (TPSA) is 96.0 Å². The van der Waals surface area contributed by atoms with Crippen molar-refractivity contribution in [2.75, 3.05) is 61.3 Å². The van der Waals surface area contributed by atoms with E-state index in [1.807, 2.05) is 75.3 Å². The number of carbonyl (C=O) groups is 1. The van der Waals surface area contributed by atoms with Gasteiger partial charge in [0.15, 0.2) is 6.79 Å². The highest BCUT2D eigenvalue weighted by Crippen LogP contribution is 2.51. The maximum absolute atomic E-state index is 13.1. The van der Waals surface area contributed by atoms with Gasteiger partial charge in [-0.1, -0.05) is 41.9 Å². The molecule has 2 atom stereocenters. The van der Waals surface area contributed by atoms with Gasteiger partial charge in [-0.25, -0.2) is 9.09 Å². The molecule has 2 aromatic carbocycles. The summed E-state index contributed by atoms with van der Waals surface area (Å²) in [7, 11) is 2.53. The van der Waals surface area contributed by atoms with E-state index in [0.29, 0.717) is 19.6 Å². The molecule has 0 spiro atoms. The summed E-state index contributed by atoms with van der Waals surface area (Å²) >= 11 is 6.19. The summed E-state index contributed by atoms with van der Waals surface area (Å²) in [6, 6.07) is 15.9. The molecule has 1 amide bonds. The number of benzene rings is 2. The lowest BCUT2D eigenvalue weighted by Gasteiger charge is -2.24. The summed E-state index contributed by atoms with van der Waals surface area (Å²) in [4.78, 5) is 16.0. The molecule has 10 nitrogen and oxygen atoms in total. The van der Waals surface area contributed by atoms with Crippen molar-refractivity contribution in [2.45, 2.75) is 39.7 Å². The molecule has 0 aromatic heterocycles. The van der Waals surface area contributed by atoms with Gasteiger partial charge in [0.25, 0.3) is 5.91 Å². The van der Waals surface area contributed by atoms with Crippen LogP contribution in [0.3, 0.4) is 0 Å². The first-order valence-corrected chi connectivity index (χ1v) is 15.6. The third-order valence-electron chi connectivity index (χ3n) is 6.32. The lowest BCUT2D eigenvalue weighted by molar-refractivity contribution is -0.126. The first-order valence-electron chi connectivity index (χ1n) is 13.8. The summed E-state index contributed by atoms with van der Waals surface area (Å²) in [6.45, 7) is 6.34. The largest absolute Gasteiger partial charge is 0.531 e. The van der Waals surface area contributed by atoms with Crippen LogP contribution in [0.4, 0.5) is 0 Å². The molecule has 0 aliphatic carbocycles. The first-order chi connectivity index (χ1) is 20.0. The van der Waals surface area contributed by atoms with Gasteiger partial charge in [0.05, 0.1) is 7.11 Å². The van der Waals surface area contributed by atoms with Gasteiger partial charge in [0, 0.05) is 26.7 Å². The van der Waals surface area contributed by atoms with Crippen LogP contribution in [0.25, 0.3) is 0 Å². The summed E-state index contributed by atoms with van der Waals surface area (Å²) in [5.41, 5.74) is 2.24. The zero-order valence-corrected chi connectivity index (χ0v) is 27.3. The smallest absolute Gasteiger partial charge is 0.497 e. The number of methoxy groups -OCH3 is 1. The molecule has 2 rings (SSSR count). The number of phosphoric ester groups is 1. The molecule has 0 fully saturated rings. The normalized spacial score (nSPS) is 14.1. The molecule has 12 heteroatoms. The minimum Gasteiger partial charge on any atom is -0.497 e. The fourth-order valence-corrected chi connectivity index (χ4v) is 5.08. The molecule has 0 heterocycles. The summed E-state index contributed by atoms with van der Waals surface area (Å²) < 4.78 is 46.2. The van der Waals surface area contributed by atoms with Gasteiger partial charge in [0.1, 0.15) is 35.0 Å². The van der Waals surface area contributed by atoms with Crippen LogP contribution in [0.1, 0.15) is 31.9 Å². The quantitative estimate of drug-likeness (QED) is 0.0818. The van der Waals surface area contributed by atoms with Crippen LogP contribution in [0.15, 0.2) is 59.3 Å². The number of likely N-dealkylation sites (N-methyl/N-ethyl adjacent to an activating group) is 2. The second-order valence-corrected chi connectivity index (χ2v) is 11.7. The Kier molecular flexibility index (Phi) is 15.4. The maximum Gasteiger partial charge on any atom is 0.531 e. The summed E-state index contributed by atoms with van der Waals surface area (Å²) in [5, 5.41) is -0.204. The predicted molar refractivity (Wildman–Crippen MR) is 164 cm³/mol. The Labute approximate surface area is 255 Å². The van der Waals surface area contributed by atoms with Gasteiger partial charge >= 0.3 is 7.82 Å². The average molecular weight is 627 g/mol. The van der Waals surface area contributed by atoms with E-state index in [4.69, 9.17) is 39.4 Å². The van der Waals surface area contributed by atoms with Gasteiger partial charge in [-0.2, -0.15) is 0 Å². The second-order valence-electron chi connectivity index (χ2n) is 9.64. The van der Waals surface area contributed by atoms with E-state index in [1.165, 1.54) is 24.5 Å². The molecule has 1 unspecified atom stereocenters. The Morgan fingerprint density at radius 2 is 1.74 bits per heavy atom. The highest BCUT2D eigenvalue weighted by atomic mass is 35.5. The van der Waals surface area contributed by atoms with Crippen molar-refractivity contribution in [3.05, 3.63) is 70.4 Å². The van der Waals surface area contributed by atoms with E-state index in [2.05, 4.69) is 6.07 Å². The second kappa shape index (κ2) is 18.2. The SMILES string of the molecule is CCN(CC)C(=O)/C(Cl)=C(/C)OP(=O)(OC)OCO[C@@H](COc1ccccc1CCc1cccc(OC)c1)CN(C)C. The predicted octanol–water partition coefficient (Wildman–Crippen LogP) is 5.89. The van der Waals surface area contributed by atoms with Crippen molar-refractivity contribution in [1.29, 1.82) is 0 Å². The van der Waals surface area contributed by atoms with Gasteiger partial charge < -0.3 is 28.5 Å². The van der Waals surface area contributed by atoms with Gasteiger partial charge in [-0.3, -0.25) is 9.32 Å². The lowest BCUT2D eigenvalue weighted by atomic mass is 10.0. The van der Waals surface area contributed by atoms with Crippen LogP contribution >= 0.6 is 19.4 Å². The van der Waals surface area contributed by atoms with Crippen molar-refractivity contribution in [2.24, 2.45) is 0 Å². The number of amides is 1. The van der Waals surface area contributed by atoms with E-state index in [0.717, 1.165) is 29.9 Å². The van der Waals surface area contributed by atoms with Crippen LogP contribution in [0.5, 0.6) is 11.5 Å². The fourth-order valence-electron chi connectivity index (χ4n) is 4.02. The van der Waals surface area contributed by atoms with Crippen LogP contribution in [0.2, 0.25) is 0 Å². The summed E-state index contributed by atoms with van der Waals surface area (Å²) in [6.07, 6.45) is 1.18. The molecule has 0 aliphatic heterocycles. The lowest BCUT2D eigenvalue weighted by Crippen LogP contribution is -2.34. The monoisotopic (exact) mass is 626 g/mol. The number of carbonyl (C=O) groups excluding carboxylic acids is 1. The Balaban J connectivity index is 2.01. The minimum atomic E-state index is -4.12. The number of phosphoric acid groups is 1. The van der Waals surface area contributed by atoms with E-state index in [1.54, 1.807) is 7.11 Å². The van der Waals surface area contributed by atoms with Crippen molar-refractivity contribution in [3.8, 4) is 11.5 Å². The Hall–Kier alpha value is -2.59. The number of aryl methyl sites for hydroxylation is 2. The molecule has 0 N–H and O–H groups in total. The molecule has 2 aromatic rings. The molecular weight excluding hydrogens is 583 g/mol. The highest BCUT2D eigenvalue weighted by molar-refractivity contribution is 7.48. The van der Waals surface area contributed by atoms with E-state index < -0.39 is 26.6 Å². The molecule has 42 heavy (non-hydrogen) atoms. The minimum absolute atomic E-state index is 0.0718. The Bertz CT molecular complexity index is 1210. The molecule has 0 radical (unpaired) electrons. The number of rotatable bonds is 19. The van der Waals surface area contributed by atoms with Crippen LogP contribution in [0, 0.1) is 0 Å². The van der Waals surface area contributed by atoms with E-state index in [-0.39, 0.29) is 17.4 Å². The fraction of sp³-hybridized carbons (Fsp3) is 0.500. The third kappa shape index (κ3) is 11.6. The standard InChI is InChI=1S/C30H44ClN2O8P/c1-8-33(9-2)30(34)29(31)23(3)41-42(35,37-7)40-22-39-27(20-32(4)5)21-38-28-16-11-10-14-25(28)18-17-24-13-12-15-26(19-24)36-6/h10-16,19,27H,8-9,17-18,20-22H2,1-7H3/b29-23+/t27-,42?/m1/s1. The number of hydrogen-bond donors (Lipinski definition) is 0. The number of nitrogens with zero attached hydrogens (tertiary/aromatic N) is 2. The first kappa shape index (κ1) is 35.6. The average Bonchev–Trinajstić information content (AvgIpc) is 2.99. The highest BCUT2D eigenvalue weighted by Gasteiger charge is 2.30. The summed E-state index contributed by atoms with van der Waals surface area (Å²) in [5.74, 6) is 1.07. The molecule has 234 valence electrons. The molecule has 0 aliphatic rings. The van der Waals surface area contributed by atoms with Crippen molar-refractivity contribution < 1.29 is 37.1 Å². The molecule has 0 saturated heterocycles.